The van der Waals surface area contributed by atoms with E-state index in [2.05, 4.69) is 8.50 Å². The zero-order valence-electron chi connectivity index (χ0n) is 12.6. The monoisotopic (exact) mass is 346 g/mol. The molecular formula is C13H18N2O5S2. The van der Waals surface area contributed by atoms with Crippen LogP contribution < -0.4 is 0 Å². The third kappa shape index (κ3) is 3.31. The van der Waals surface area contributed by atoms with Gasteiger partial charge in [-0.15, -0.1) is 0 Å². The van der Waals surface area contributed by atoms with Gasteiger partial charge in [0.1, 0.15) is 16.0 Å². The van der Waals surface area contributed by atoms with E-state index in [0.29, 0.717) is 0 Å². The Bertz CT molecular complexity index is 792. The molecule has 0 aromatic heterocycles. The Hall–Kier alpha value is -1.45. The Balaban J connectivity index is 2.38. The van der Waals surface area contributed by atoms with E-state index < -0.39 is 31.9 Å². The van der Waals surface area contributed by atoms with E-state index >= 15 is 0 Å². The molecule has 0 radical (unpaired) electrons. The van der Waals surface area contributed by atoms with Gasteiger partial charge in [0, 0.05) is 12.3 Å². The Labute approximate surface area is 130 Å². The average Bonchev–Trinajstić information content (AvgIpc) is 3.27. The molecule has 0 spiro atoms. The van der Waals surface area contributed by atoms with Crippen LogP contribution in [0.1, 0.15) is 12.5 Å². The molecule has 1 aromatic carbocycles. The first kappa shape index (κ1) is 16.9. The number of benzene rings is 1. The second kappa shape index (κ2) is 5.98. The van der Waals surface area contributed by atoms with E-state index in [9.17, 15) is 17.4 Å². The maximum atomic E-state index is 12.8. The van der Waals surface area contributed by atoms with Crippen molar-refractivity contribution >= 4 is 25.9 Å². The van der Waals surface area contributed by atoms with Crippen molar-refractivity contribution in [1.29, 1.82) is 0 Å². The number of carbonyl (C=O) groups is 1. The van der Waals surface area contributed by atoms with Gasteiger partial charge < -0.3 is 4.74 Å². The van der Waals surface area contributed by atoms with Crippen molar-refractivity contribution in [2.75, 3.05) is 19.4 Å². The van der Waals surface area contributed by atoms with Gasteiger partial charge >= 0.3 is 5.97 Å². The molecule has 0 saturated carbocycles. The number of hydrogen-bond donors (Lipinski definition) is 0. The van der Waals surface area contributed by atoms with E-state index in [-0.39, 0.29) is 17.2 Å². The summed E-state index contributed by atoms with van der Waals surface area (Å²) in [5.74, 6) is -0.532. The molecule has 3 atom stereocenters. The van der Waals surface area contributed by atoms with E-state index in [1.165, 1.54) is 23.5 Å². The number of sulfonamides is 1. The second-order valence-electron chi connectivity index (χ2n) is 4.90. The molecule has 0 N–H and O–H groups in total. The molecule has 0 bridgehead atoms. The summed E-state index contributed by atoms with van der Waals surface area (Å²) in [6, 6.07) is 5.44. The van der Waals surface area contributed by atoms with Crippen molar-refractivity contribution in [2.24, 2.45) is 3.77 Å². The summed E-state index contributed by atoms with van der Waals surface area (Å²) in [5, 5.41) is 0. The van der Waals surface area contributed by atoms with Crippen LogP contribution in [0.15, 0.2) is 32.9 Å². The SMILES string of the molecule is CCS(=O)(=NS(=O)(=O)c1ccc(C)cc1)N1CC1C(=O)OC. The highest BCUT2D eigenvalue weighted by atomic mass is 32.3. The van der Waals surface area contributed by atoms with Crippen molar-refractivity contribution in [3.8, 4) is 0 Å². The number of hydrogen-bond acceptors (Lipinski definition) is 5. The molecule has 0 aliphatic carbocycles. The zero-order chi connectivity index (χ0) is 16.5. The normalized spacial score (nSPS) is 23.4. The van der Waals surface area contributed by atoms with Gasteiger partial charge in [0.25, 0.3) is 10.0 Å². The standard InChI is InChI=1S/C13H18N2O5S2/c1-4-21(17,15-9-12(15)13(16)20-3)14-22(18,19)11-7-5-10(2)6-8-11/h5-8,12H,4,9H2,1-3H3. The molecule has 1 saturated heterocycles. The lowest BCUT2D eigenvalue weighted by Gasteiger charge is -2.09. The summed E-state index contributed by atoms with van der Waals surface area (Å²) >= 11 is 0. The number of rotatable bonds is 5. The summed E-state index contributed by atoms with van der Waals surface area (Å²) in [4.78, 5) is 11.4. The largest absolute Gasteiger partial charge is 0.468 e. The number of esters is 1. The van der Waals surface area contributed by atoms with Gasteiger partial charge in [-0.25, -0.2) is 4.21 Å². The van der Waals surface area contributed by atoms with Crippen molar-refractivity contribution < 1.29 is 22.2 Å². The molecule has 1 aliphatic rings. The highest BCUT2D eigenvalue weighted by Gasteiger charge is 2.48. The van der Waals surface area contributed by atoms with E-state index in [0.717, 1.165) is 5.56 Å². The van der Waals surface area contributed by atoms with Crippen molar-refractivity contribution in [3.05, 3.63) is 29.8 Å². The molecule has 1 heterocycles. The second-order valence-corrected chi connectivity index (χ2v) is 9.17. The third-order valence-corrected chi connectivity index (χ3v) is 7.79. The quantitative estimate of drug-likeness (QED) is 0.584. The lowest BCUT2D eigenvalue weighted by molar-refractivity contribution is -0.140. The first-order valence-electron chi connectivity index (χ1n) is 6.66. The van der Waals surface area contributed by atoms with Crippen LogP contribution in [0.4, 0.5) is 0 Å². The van der Waals surface area contributed by atoms with E-state index in [1.54, 1.807) is 19.1 Å². The number of nitrogens with zero attached hydrogens (tertiary/aromatic N) is 2. The molecule has 1 aliphatic heterocycles. The number of methoxy groups -OCH3 is 1. The first-order chi connectivity index (χ1) is 10.2. The number of carbonyl (C=O) groups excluding carboxylic acids is 1. The zero-order valence-corrected chi connectivity index (χ0v) is 14.2. The minimum atomic E-state index is -4.05. The van der Waals surface area contributed by atoms with Crippen LogP contribution in [0.2, 0.25) is 0 Å². The summed E-state index contributed by atoms with van der Waals surface area (Å²) < 4.78 is 46.8. The van der Waals surface area contributed by atoms with Crippen LogP contribution in [0.5, 0.6) is 0 Å². The highest BCUT2D eigenvalue weighted by molar-refractivity contribution is 8.02. The van der Waals surface area contributed by atoms with Crippen molar-refractivity contribution in [3.63, 3.8) is 0 Å². The minimum Gasteiger partial charge on any atom is -0.468 e. The Morgan fingerprint density at radius 1 is 1.32 bits per heavy atom. The average molecular weight is 346 g/mol. The predicted molar refractivity (Wildman–Crippen MR) is 82.0 cm³/mol. The van der Waals surface area contributed by atoms with Gasteiger partial charge in [-0.05, 0) is 19.1 Å². The molecule has 122 valence electrons. The lowest BCUT2D eigenvalue weighted by atomic mass is 10.2. The van der Waals surface area contributed by atoms with Gasteiger partial charge in [0.2, 0.25) is 0 Å². The van der Waals surface area contributed by atoms with Crippen LogP contribution >= 0.6 is 0 Å². The van der Waals surface area contributed by atoms with Crippen LogP contribution in [0, 0.1) is 6.92 Å². The molecule has 22 heavy (non-hydrogen) atoms. The highest BCUT2D eigenvalue weighted by Crippen LogP contribution is 2.28. The molecule has 7 nitrogen and oxygen atoms in total. The molecule has 0 amide bonds. The Kier molecular flexibility index (Phi) is 4.59. The molecule has 1 aromatic rings. The van der Waals surface area contributed by atoms with Crippen LogP contribution in [0.25, 0.3) is 0 Å². The first-order valence-corrected chi connectivity index (χ1v) is 9.74. The maximum Gasteiger partial charge on any atom is 0.325 e. The fraction of sp³-hybridized carbons (Fsp3) is 0.462. The molecule has 1 fully saturated rings. The molecular weight excluding hydrogens is 328 g/mol. The summed E-state index contributed by atoms with van der Waals surface area (Å²) in [6.45, 7) is 3.59. The Morgan fingerprint density at radius 3 is 2.41 bits per heavy atom. The van der Waals surface area contributed by atoms with Crippen LogP contribution in [-0.2, 0) is 29.5 Å². The topological polar surface area (TPSA) is 92.9 Å². The fourth-order valence-corrected chi connectivity index (χ4v) is 5.94. The van der Waals surface area contributed by atoms with E-state index in [1.807, 2.05) is 6.92 Å². The third-order valence-electron chi connectivity index (χ3n) is 3.32. The summed E-state index contributed by atoms with van der Waals surface area (Å²) in [6.07, 6.45) is 0. The molecule has 9 heteroatoms. The number of aryl methyl sites for hydroxylation is 1. The Morgan fingerprint density at radius 2 is 1.91 bits per heavy atom. The fourth-order valence-electron chi connectivity index (χ4n) is 1.93. The minimum absolute atomic E-state index is 0.00554. The molecule has 3 unspecified atom stereocenters. The van der Waals surface area contributed by atoms with Gasteiger partial charge in [0.15, 0.2) is 0 Å². The number of ether oxygens (including phenoxy) is 1. The maximum absolute atomic E-state index is 12.8. The van der Waals surface area contributed by atoms with Crippen LogP contribution in [0.3, 0.4) is 0 Å². The van der Waals surface area contributed by atoms with E-state index in [4.69, 9.17) is 0 Å². The summed E-state index contributed by atoms with van der Waals surface area (Å²) in [5.41, 5.74) is 0.909. The van der Waals surface area contributed by atoms with Crippen molar-refractivity contribution in [2.45, 2.75) is 24.8 Å². The van der Waals surface area contributed by atoms with Gasteiger partial charge in [-0.2, -0.15) is 12.7 Å². The molecule has 2 rings (SSSR count). The van der Waals surface area contributed by atoms with Gasteiger partial charge in [0.05, 0.1) is 12.0 Å². The van der Waals surface area contributed by atoms with Gasteiger partial charge in [-0.1, -0.05) is 28.4 Å². The van der Waals surface area contributed by atoms with Crippen molar-refractivity contribution in [1.82, 2.24) is 4.31 Å². The lowest BCUT2D eigenvalue weighted by Crippen LogP contribution is -2.22. The van der Waals surface area contributed by atoms with Crippen LogP contribution in [-0.4, -0.2) is 48.4 Å². The summed E-state index contributed by atoms with van der Waals surface area (Å²) in [7, 11) is -6.01. The predicted octanol–water partition coefficient (Wildman–Crippen LogP) is 0.944. The smallest absolute Gasteiger partial charge is 0.325 e. The van der Waals surface area contributed by atoms with Gasteiger partial charge in [-0.3, -0.25) is 4.79 Å².